The monoisotopic (exact) mass is 787 g/mol. The third-order valence-corrected chi connectivity index (χ3v) is 11.0. The van der Waals surface area contributed by atoms with Gasteiger partial charge >= 0.3 is 0 Å². The number of carbonyl (C=O) groups is 5. The predicted octanol–water partition coefficient (Wildman–Crippen LogP) is 3.77. The number of nitrogens with two attached hydrogens (primary N) is 2. The van der Waals surface area contributed by atoms with E-state index in [0.717, 1.165) is 11.3 Å². The van der Waals surface area contributed by atoms with Crippen LogP contribution in [0.25, 0.3) is 22.5 Å². The van der Waals surface area contributed by atoms with Crippen LogP contribution < -0.4 is 37.6 Å². The number of nitrogens with zero attached hydrogens (tertiary/aromatic N) is 3. The van der Waals surface area contributed by atoms with Gasteiger partial charge in [0.25, 0.3) is 5.91 Å². The highest BCUT2D eigenvalue weighted by Crippen LogP contribution is 2.35. The van der Waals surface area contributed by atoms with Gasteiger partial charge in [0.05, 0.1) is 35.6 Å². The molecule has 4 bridgehead atoms. The molecule has 14 heteroatoms. The molecule has 1 unspecified atom stereocenters. The second-order valence-corrected chi connectivity index (χ2v) is 15.5. The Morgan fingerprint density at radius 1 is 0.897 bits per heavy atom. The normalized spacial score (nSPS) is 18.9. The molecule has 8 N–H and O–H groups in total. The molecule has 5 amide bonds. The maximum Gasteiger partial charge on any atom is 0.255 e. The Morgan fingerprint density at radius 2 is 1.59 bits per heavy atom. The van der Waals surface area contributed by atoms with Gasteiger partial charge in [-0.3, -0.25) is 24.0 Å². The molecule has 0 aliphatic carbocycles. The number of anilines is 2. The molecule has 0 spiro atoms. The lowest BCUT2D eigenvalue weighted by atomic mass is 9.93. The van der Waals surface area contributed by atoms with Gasteiger partial charge in [-0.25, -0.2) is 9.97 Å². The number of hydrogen-bond donors (Lipinski definition) is 6. The molecule has 1 saturated heterocycles. The first-order valence-electron chi connectivity index (χ1n) is 19.9. The van der Waals surface area contributed by atoms with Gasteiger partial charge in [0, 0.05) is 35.3 Å². The summed E-state index contributed by atoms with van der Waals surface area (Å²) in [5, 5.41) is 11.1. The minimum absolute atomic E-state index is 0.00142. The number of aryl methyl sites for hydroxylation is 3. The molecule has 2 aliphatic heterocycles. The van der Waals surface area contributed by atoms with Crippen molar-refractivity contribution in [2.45, 2.75) is 97.3 Å². The van der Waals surface area contributed by atoms with Gasteiger partial charge in [0.1, 0.15) is 12.1 Å². The van der Waals surface area contributed by atoms with Crippen molar-refractivity contribution in [2.24, 2.45) is 11.5 Å². The summed E-state index contributed by atoms with van der Waals surface area (Å²) in [5.74, 6) is -2.15. The topological polar surface area (TPSA) is 215 Å². The van der Waals surface area contributed by atoms with E-state index < -0.39 is 35.7 Å². The van der Waals surface area contributed by atoms with Crippen molar-refractivity contribution in [1.29, 1.82) is 0 Å². The lowest BCUT2D eigenvalue weighted by Crippen LogP contribution is -2.49. The van der Waals surface area contributed by atoms with Gasteiger partial charge in [0.2, 0.25) is 23.6 Å². The van der Waals surface area contributed by atoms with Crippen LogP contribution in [0, 0.1) is 20.8 Å². The van der Waals surface area contributed by atoms with E-state index in [2.05, 4.69) is 52.1 Å². The number of piperidine rings is 1. The Labute approximate surface area is 339 Å². The molecule has 3 heterocycles. The van der Waals surface area contributed by atoms with Crippen LogP contribution in [0.1, 0.15) is 78.0 Å². The van der Waals surface area contributed by atoms with Gasteiger partial charge in [-0.2, -0.15) is 0 Å². The summed E-state index contributed by atoms with van der Waals surface area (Å²) >= 11 is 0. The lowest BCUT2D eigenvalue weighted by molar-refractivity contribution is -0.128. The number of aromatic nitrogens is 2. The van der Waals surface area contributed by atoms with Crippen molar-refractivity contribution < 1.29 is 24.0 Å². The molecule has 0 radical (unpaired) electrons. The number of nitrogens with one attached hydrogen (secondary N) is 4. The first-order valence-corrected chi connectivity index (χ1v) is 19.9. The number of fused-ring (bicyclic) bond motifs is 5. The fraction of sp³-hybridized carbons (Fsp3) is 0.386. The number of primary amides is 1. The van der Waals surface area contributed by atoms with Crippen molar-refractivity contribution >= 4 is 40.9 Å². The number of carbonyl (C=O) groups excluding carboxylic acids is 5. The largest absolute Gasteiger partial charge is 0.368 e. The number of rotatable bonds is 9. The lowest BCUT2D eigenvalue weighted by Gasteiger charge is -2.41. The van der Waals surface area contributed by atoms with E-state index in [1.165, 1.54) is 19.3 Å². The molecule has 14 nitrogen and oxygen atoms in total. The van der Waals surface area contributed by atoms with Crippen molar-refractivity contribution in [3.05, 3.63) is 94.3 Å². The van der Waals surface area contributed by atoms with E-state index in [-0.39, 0.29) is 43.8 Å². The molecule has 6 rings (SSSR count). The fourth-order valence-corrected chi connectivity index (χ4v) is 8.12. The van der Waals surface area contributed by atoms with E-state index in [1.54, 1.807) is 26.0 Å². The van der Waals surface area contributed by atoms with Crippen LogP contribution in [-0.4, -0.2) is 76.8 Å². The molecular weight excluding hydrogens is 735 g/mol. The minimum Gasteiger partial charge on any atom is -0.368 e. The highest BCUT2D eigenvalue weighted by Gasteiger charge is 2.28. The highest BCUT2D eigenvalue weighted by atomic mass is 16.2. The Balaban J connectivity index is 1.25. The van der Waals surface area contributed by atoms with Crippen molar-refractivity contribution in [3.63, 3.8) is 0 Å². The zero-order valence-electron chi connectivity index (χ0n) is 33.8. The number of amides is 5. The standard InChI is InChI=1S/C44H53N9O5/c1-24-18-30-20-34(32-11-7-10-29(19-32)22-37(54)47-23-38(55)50-36(21-30)41(46)56)40(24)52-43(57)35(16-17-45)51-44(58)39-27(4)48-42(49-28(39)5)31-12-14-33(15-13-31)53-25(2)8-6-9-26(53)3/h7,10-15,18-20,25-26,35-36H,6,8-9,16-17,21-23,45H2,1-5H3,(H2,46,56)(H,47,54)(H,50,55)(H,51,58)(H,52,57)/t25-,26+,35-,36?/m0/s1. The Bertz CT molecular complexity index is 2190. The third-order valence-electron chi connectivity index (χ3n) is 11.0. The Kier molecular flexibility index (Phi) is 12.9. The average molecular weight is 788 g/mol. The minimum atomic E-state index is -1.04. The summed E-state index contributed by atoms with van der Waals surface area (Å²) in [7, 11) is 0. The molecule has 4 aromatic rings. The smallest absolute Gasteiger partial charge is 0.255 e. The molecular formula is C44H53N9O5. The van der Waals surface area contributed by atoms with E-state index in [4.69, 9.17) is 21.4 Å². The summed E-state index contributed by atoms with van der Waals surface area (Å²) in [6.07, 6.45) is 3.78. The zero-order valence-corrected chi connectivity index (χ0v) is 33.8. The first kappa shape index (κ1) is 41.5. The van der Waals surface area contributed by atoms with Gasteiger partial charge in [-0.15, -0.1) is 0 Å². The van der Waals surface area contributed by atoms with E-state index in [1.807, 2.05) is 43.3 Å². The number of benzene rings is 3. The maximum atomic E-state index is 14.1. The number of hydrogen-bond acceptors (Lipinski definition) is 9. The van der Waals surface area contributed by atoms with Gasteiger partial charge in [-0.1, -0.05) is 30.3 Å². The van der Waals surface area contributed by atoms with Crippen LogP contribution in [0.5, 0.6) is 0 Å². The molecule has 58 heavy (non-hydrogen) atoms. The molecule has 4 atom stereocenters. The molecule has 1 aromatic heterocycles. The maximum absolute atomic E-state index is 14.1. The third kappa shape index (κ3) is 9.51. The second kappa shape index (κ2) is 18.0. The van der Waals surface area contributed by atoms with Crippen LogP contribution >= 0.6 is 0 Å². The van der Waals surface area contributed by atoms with Crippen molar-refractivity contribution in [1.82, 2.24) is 25.9 Å². The molecule has 3 aromatic carbocycles. The summed E-state index contributed by atoms with van der Waals surface area (Å²) in [4.78, 5) is 77.6. The Hall–Kier alpha value is -6.15. The summed E-state index contributed by atoms with van der Waals surface area (Å²) in [6.45, 7) is 9.66. The SMILES string of the molecule is Cc1cc2cc(c1NC(=O)[C@H](CCN)NC(=O)c1c(C)nc(-c3ccc(N4[C@H](C)CCC[C@@H]4C)cc3)nc1C)-c1cccc(c1)CC(=O)NCC(=O)NC(C(N)=O)C2. The zero-order chi connectivity index (χ0) is 41.7. The first-order chi connectivity index (χ1) is 27.7. The summed E-state index contributed by atoms with van der Waals surface area (Å²) < 4.78 is 0. The quantitative estimate of drug-likeness (QED) is 0.145. The predicted molar refractivity (Wildman–Crippen MR) is 224 cm³/mol. The van der Waals surface area contributed by atoms with Gasteiger partial charge in [-0.05, 0) is 119 Å². The van der Waals surface area contributed by atoms with Crippen molar-refractivity contribution in [2.75, 3.05) is 23.3 Å². The van der Waals surface area contributed by atoms with E-state index in [0.29, 0.717) is 62.8 Å². The van der Waals surface area contributed by atoms with Gasteiger partial charge in [0.15, 0.2) is 5.82 Å². The average Bonchev–Trinajstić information content (AvgIpc) is 3.17. The van der Waals surface area contributed by atoms with Crippen LogP contribution in [0.15, 0.2) is 60.7 Å². The summed E-state index contributed by atoms with van der Waals surface area (Å²) in [5.41, 5.74) is 18.7. The van der Waals surface area contributed by atoms with Crippen LogP contribution in [-0.2, 0) is 32.0 Å². The molecule has 0 saturated carbocycles. The van der Waals surface area contributed by atoms with Crippen molar-refractivity contribution in [3.8, 4) is 22.5 Å². The van der Waals surface area contributed by atoms with Gasteiger partial charge < -0.3 is 37.6 Å². The fourth-order valence-electron chi connectivity index (χ4n) is 8.12. The Morgan fingerprint density at radius 3 is 2.24 bits per heavy atom. The van der Waals surface area contributed by atoms with Crippen LogP contribution in [0.3, 0.4) is 0 Å². The van der Waals surface area contributed by atoms with Crippen LogP contribution in [0.4, 0.5) is 11.4 Å². The molecule has 304 valence electrons. The molecule has 1 fully saturated rings. The highest BCUT2D eigenvalue weighted by molar-refractivity contribution is 6.04. The van der Waals surface area contributed by atoms with E-state index in [9.17, 15) is 24.0 Å². The summed E-state index contributed by atoms with van der Waals surface area (Å²) in [6, 6.07) is 18.0. The molecule has 2 aliphatic rings. The second-order valence-electron chi connectivity index (χ2n) is 15.5. The van der Waals surface area contributed by atoms with Crippen LogP contribution in [0.2, 0.25) is 0 Å². The van der Waals surface area contributed by atoms with E-state index >= 15 is 0 Å².